The molecule has 6 heteroatoms. The van der Waals surface area contributed by atoms with Crippen molar-refractivity contribution in [2.75, 3.05) is 0 Å². The van der Waals surface area contributed by atoms with Crippen LogP contribution in [0.2, 0.25) is 0 Å². The van der Waals surface area contributed by atoms with Gasteiger partial charge in [0.2, 0.25) is 0 Å². The lowest BCUT2D eigenvalue weighted by molar-refractivity contribution is 0.0955. The standard InChI is InChI=1S/C14H10Br2N2O2.C2H6/c15-11-3-1-2-10(7-11)14(20)18-17-8-9-4-5-13(19)12(16)6-9;1-2/h1-8,19H,(H,18,20);1-2H3/b17-8+;. The number of amides is 1. The van der Waals surface area contributed by atoms with Crippen molar-refractivity contribution in [3.05, 3.63) is 62.5 Å². The third-order valence-electron chi connectivity index (χ3n) is 2.44. The molecule has 2 N–H and O–H groups in total. The molecule has 0 aliphatic rings. The first-order chi connectivity index (χ1) is 10.6. The van der Waals surface area contributed by atoms with E-state index in [-0.39, 0.29) is 11.7 Å². The van der Waals surface area contributed by atoms with E-state index in [1.807, 2.05) is 19.9 Å². The first kappa shape index (κ1) is 18.4. The number of hydrazone groups is 1. The smallest absolute Gasteiger partial charge is 0.271 e. The predicted octanol–water partition coefficient (Wildman–Crippen LogP) is 4.71. The number of nitrogens with zero attached hydrogens (tertiary/aromatic N) is 1. The molecule has 22 heavy (non-hydrogen) atoms. The van der Waals surface area contributed by atoms with E-state index in [0.29, 0.717) is 10.0 Å². The first-order valence-electron chi connectivity index (χ1n) is 6.64. The fraction of sp³-hybridized carbons (Fsp3) is 0.125. The van der Waals surface area contributed by atoms with Crippen molar-refractivity contribution < 1.29 is 9.90 Å². The van der Waals surface area contributed by atoms with Gasteiger partial charge in [-0.15, -0.1) is 0 Å². The van der Waals surface area contributed by atoms with E-state index in [1.54, 1.807) is 36.4 Å². The number of hydrogen-bond acceptors (Lipinski definition) is 3. The maximum Gasteiger partial charge on any atom is 0.271 e. The molecule has 0 aliphatic heterocycles. The Bertz CT molecular complexity index is 673. The number of phenolic OH excluding ortho intramolecular Hbond substituents is 1. The number of carbonyl (C=O) groups excluding carboxylic acids is 1. The molecule has 0 radical (unpaired) electrons. The van der Waals surface area contributed by atoms with Crippen LogP contribution >= 0.6 is 31.9 Å². The lowest BCUT2D eigenvalue weighted by atomic mass is 10.2. The van der Waals surface area contributed by atoms with Crippen LogP contribution in [0.25, 0.3) is 0 Å². The summed E-state index contributed by atoms with van der Waals surface area (Å²) >= 11 is 6.51. The summed E-state index contributed by atoms with van der Waals surface area (Å²) in [7, 11) is 0. The molecule has 0 heterocycles. The molecule has 0 spiro atoms. The van der Waals surface area contributed by atoms with E-state index in [1.165, 1.54) is 6.21 Å². The minimum Gasteiger partial charge on any atom is -0.507 e. The van der Waals surface area contributed by atoms with Crippen molar-refractivity contribution >= 4 is 44.0 Å². The van der Waals surface area contributed by atoms with Crippen molar-refractivity contribution in [1.82, 2.24) is 5.43 Å². The number of carbonyl (C=O) groups is 1. The van der Waals surface area contributed by atoms with Crippen LogP contribution in [0.3, 0.4) is 0 Å². The van der Waals surface area contributed by atoms with E-state index in [9.17, 15) is 9.90 Å². The molecule has 0 fully saturated rings. The van der Waals surface area contributed by atoms with Crippen molar-refractivity contribution in [2.24, 2.45) is 5.10 Å². The third-order valence-corrected chi connectivity index (χ3v) is 3.57. The quantitative estimate of drug-likeness (QED) is 0.550. The molecule has 0 aliphatic carbocycles. The Balaban J connectivity index is 0.00000116. The van der Waals surface area contributed by atoms with Crippen molar-refractivity contribution in [3.8, 4) is 5.75 Å². The zero-order chi connectivity index (χ0) is 16.5. The summed E-state index contributed by atoms with van der Waals surface area (Å²) < 4.78 is 1.40. The van der Waals surface area contributed by atoms with Crippen molar-refractivity contribution in [1.29, 1.82) is 0 Å². The van der Waals surface area contributed by atoms with Crippen LogP contribution in [0.4, 0.5) is 0 Å². The topological polar surface area (TPSA) is 61.7 Å². The van der Waals surface area contributed by atoms with Gasteiger partial charge < -0.3 is 5.11 Å². The lowest BCUT2D eigenvalue weighted by Gasteiger charge is -2.01. The van der Waals surface area contributed by atoms with Crippen molar-refractivity contribution in [2.45, 2.75) is 13.8 Å². The Morgan fingerprint density at radius 2 is 1.91 bits per heavy atom. The Morgan fingerprint density at radius 1 is 1.18 bits per heavy atom. The third kappa shape index (κ3) is 5.61. The van der Waals surface area contributed by atoms with E-state index in [0.717, 1.165) is 10.0 Å². The number of benzene rings is 2. The summed E-state index contributed by atoms with van der Waals surface area (Å²) in [5.41, 5.74) is 3.71. The summed E-state index contributed by atoms with van der Waals surface area (Å²) in [6.07, 6.45) is 1.50. The predicted molar refractivity (Wildman–Crippen MR) is 96.4 cm³/mol. The SMILES string of the molecule is CC.O=C(N/N=C/c1ccc(O)c(Br)c1)c1cccc(Br)c1. The molecule has 0 saturated heterocycles. The molecule has 1 amide bonds. The first-order valence-corrected chi connectivity index (χ1v) is 8.22. The fourth-order valence-electron chi connectivity index (χ4n) is 1.46. The largest absolute Gasteiger partial charge is 0.507 e. The molecule has 0 unspecified atom stereocenters. The van der Waals surface area contributed by atoms with E-state index >= 15 is 0 Å². The average molecular weight is 428 g/mol. The van der Waals surface area contributed by atoms with Gasteiger partial charge in [-0.25, -0.2) is 5.43 Å². The van der Waals surface area contributed by atoms with Crippen LogP contribution in [-0.4, -0.2) is 17.2 Å². The number of aromatic hydroxyl groups is 1. The number of nitrogens with one attached hydrogen (secondary N) is 1. The molecule has 2 rings (SSSR count). The van der Waals surface area contributed by atoms with E-state index in [4.69, 9.17) is 0 Å². The molecule has 4 nitrogen and oxygen atoms in total. The monoisotopic (exact) mass is 426 g/mol. The maximum absolute atomic E-state index is 11.8. The minimum atomic E-state index is -0.291. The maximum atomic E-state index is 11.8. The molecule has 0 saturated carbocycles. The van der Waals surface area contributed by atoms with Gasteiger partial charge in [0.05, 0.1) is 10.7 Å². The van der Waals surface area contributed by atoms with Gasteiger partial charge in [-0.1, -0.05) is 35.8 Å². The van der Waals surface area contributed by atoms with Crippen molar-refractivity contribution in [3.63, 3.8) is 0 Å². The van der Waals surface area contributed by atoms with Gasteiger partial charge in [-0.2, -0.15) is 5.10 Å². The minimum absolute atomic E-state index is 0.153. The van der Waals surface area contributed by atoms with Crippen LogP contribution in [0.5, 0.6) is 5.75 Å². The highest BCUT2D eigenvalue weighted by Gasteiger charge is 2.03. The van der Waals surface area contributed by atoms with E-state index < -0.39 is 0 Å². The van der Waals surface area contributed by atoms with Gasteiger partial charge in [0.25, 0.3) is 5.91 Å². The molecule has 0 bridgehead atoms. The van der Waals surface area contributed by atoms with Gasteiger partial charge in [-0.05, 0) is 57.9 Å². The summed E-state index contributed by atoms with van der Waals surface area (Å²) in [6, 6.07) is 12.0. The number of rotatable bonds is 3. The number of halogens is 2. The molecule has 0 atom stereocenters. The Morgan fingerprint density at radius 3 is 2.55 bits per heavy atom. The molecule has 116 valence electrons. The average Bonchev–Trinajstić information content (AvgIpc) is 2.52. The summed E-state index contributed by atoms with van der Waals surface area (Å²) in [4.78, 5) is 11.8. The van der Waals surface area contributed by atoms with Gasteiger partial charge in [-0.3, -0.25) is 4.79 Å². The Kier molecular flexibility index (Phi) is 7.84. The Labute approximate surface area is 146 Å². The normalized spacial score (nSPS) is 10.0. The molecule has 0 aromatic heterocycles. The van der Waals surface area contributed by atoms with Gasteiger partial charge in [0, 0.05) is 10.0 Å². The van der Waals surface area contributed by atoms with Crippen LogP contribution < -0.4 is 5.43 Å². The lowest BCUT2D eigenvalue weighted by Crippen LogP contribution is -2.17. The second-order valence-electron chi connectivity index (χ2n) is 3.92. The number of phenols is 1. The van der Waals surface area contributed by atoms with Crippen LogP contribution in [0.1, 0.15) is 29.8 Å². The molecular weight excluding hydrogens is 412 g/mol. The second-order valence-corrected chi connectivity index (χ2v) is 5.69. The zero-order valence-electron chi connectivity index (χ0n) is 12.2. The van der Waals surface area contributed by atoms with Gasteiger partial charge >= 0.3 is 0 Å². The fourth-order valence-corrected chi connectivity index (χ4v) is 2.26. The highest BCUT2D eigenvalue weighted by atomic mass is 79.9. The summed E-state index contributed by atoms with van der Waals surface area (Å²) in [5, 5.41) is 13.2. The summed E-state index contributed by atoms with van der Waals surface area (Å²) in [5.74, 6) is -0.138. The van der Waals surface area contributed by atoms with Gasteiger partial charge in [0.1, 0.15) is 5.75 Å². The van der Waals surface area contributed by atoms with E-state index in [2.05, 4.69) is 42.4 Å². The molecule has 2 aromatic carbocycles. The summed E-state index contributed by atoms with van der Waals surface area (Å²) in [6.45, 7) is 4.00. The number of hydrogen-bond donors (Lipinski definition) is 2. The highest BCUT2D eigenvalue weighted by molar-refractivity contribution is 9.10. The zero-order valence-corrected chi connectivity index (χ0v) is 15.3. The second kappa shape index (κ2) is 9.38. The molecular formula is C16H16Br2N2O2. The molecule has 2 aromatic rings. The Hall–Kier alpha value is -1.66. The highest BCUT2D eigenvalue weighted by Crippen LogP contribution is 2.23. The van der Waals surface area contributed by atoms with Crippen LogP contribution in [0, 0.1) is 0 Å². The van der Waals surface area contributed by atoms with Crippen LogP contribution in [-0.2, 0) is 0 Å². The van der Waals surface area contributed by atoms with Gasteiger partial charge in [0.15, 0.2) is 0 Å². The van der Waals surface area contributed by atoms with Crippen LogP contribution in [0.15, 0.2) is 56.5 Å².